The molecule has 0 saturated heterocycles. The third kappa shape index (κ3) is 4.06. The van der Waals surface area contributed by atoms with Gasteiger partial charge in [0.15, 0.2) is 0 Å². The maximum absolute atomic E-state index is 9.84. The minimum absolute atomic E-state index is 0.114. The molecule has 0 bridgehead atoms. The van der Waals surface area contributed by atoms with E-state index < -0.39 is 0 Å². The normalized spacial score (nSPS) is 12.0. The molecule has 0 amide bonds. The second-order valence-electron chi connectivity index (χ2n) is 7.28. The fourth-order valence-corrected chi connectivity index (χ4v) is 3.39. The van der Waals surface area contributed by atoms with Gasteiger partial charge >= 0.3 is 0 Å². The number of imidazole rings is 1. The van der Waals surface area contributed by atoms with Gasteiger partial charge in [0.2, 0.25) is 0 Å². The van der Waals surface area contributed by atoms with Gasteiger partial charge in [-0.1, -0.05) is 30.3 Å². The van der Waals surface area contributed by atoms with Crippen molar-refractivity contribution in [3.05, 3.63) is 83.6 Å². The average molecular weight is 400 g/mol. The first-order chi connectivity index (χ1) is 14.5. The molecule has 0 aliphatic carbocycles. The zero-order valence-corrected chi connectivity index (χ0v) is 17.2. The Morgan fingerprint density at radius 3 is 2.53 bits per heavy atom. The highest BCUT2D eigenvalue weighted by Gasteiger charge is 2.13. The topological polar surface area (TPSA) is 88.8 Å². The Morgan fingerprint density at radius 1 is 1.07 bits per heavy atom. The fourth-order valence-electron chi connectivity index (χ4n) is 3.39. The number of aliphatic hydroxyl groups is 1. The van der Waals surface area contributed by atoms with Gasteiger partial charge in [-0.15, -0.1) is 10.2 Å². The van der Waals surface area contributed by atoms with Crippen molar-refractivity contribution in [3.63, 3.8) is 0 Å². The molecule has 7 heteroatoms. The molecule has 2 N–H and O–H groups in total. The molecule has 30 heavy (non-hydrogen) atoms. The quantitative estimate of drug-likeness (QED) is 0.508. The van der Waals surface area contributed by atoms with E-state index in [1.54, 1.807) is 6.33 Å². The van der Waals surface area contributed by atoms with Gasteiger partial charge in [0, 0.05) is 12.2 Å². The van der Waals surface area contributed by atoms with Gasteiger partial charge < -0.3 is 15.0 Å². The number of hydrogen-bond donors (Lipinski definition) is 2. The SMILES string of the molecule is Cc1cn(-c2ccc(-c3nnc(N[C@@H](C)c4ccccc4)cc3C)nc2CO)cn1. The van der Waals surface area contributed by atoms with Crippen LogP contribution in [-0.2, 0) is 6.61 Å². The predicted octanol–water partition coefficient (Wildman–Crippen LogP) is 4.01. The van der Waals surface area contributed by atoms with Crippen LogP contribution in [0.3, 0.4) is 0 Å². The summed E-state index contributed by atoms with van der Waals surface area (Å²) < 4.78 is 1.86. The third-order valence-electron chi connectivity index (χ3n) is 4.98. The van der Waals surface area contributed by atoms with Crippen molar-refractivity contribution < 1.29 is 5.11 Å². The molecule has 0 fully saturated rings. The number of rotatable bonds is 6. The summed E-state index contributed by atoms with van der Waals surface area (Å²) >= 11 is 0. The van der Waals surface area contributed by atoms with Crippen molar-refractivity contribution >= 4 is 5.82 Å². The highest BCUT2D eigenvalue weighted by Crippen LogP contribution is 2.25. The van der Waals surface area contributed by atoms with Crippen molar-refractivity contribution in [2.75, 3.05) is 5.32 Å². The zero-order valence-electron chi connectivity index (χ0n) is 17.2. The van der Waals surface area contributed by atoms with Crippen LogP contribution in [0.25, 0.3) is 17.1 Å². The van der Waals surface area contributed by atoms with Crippen molar-refractivity contribution in [1.82, 2.24) is 24.7 Å². The lowest BCUT2D eigenvalue weighted by atomic mass is 10.1. The molecule has 3 aromatic heterocycles. The summed E-state index contributed by atoms with van der Waals surface area (Å²) in [6.07, 6.45) is 3.61. The van der Waals surface area contributed by atoms with Crippen molar-refractivity contribution in [3.8, 4) is 17.1 Å². The Kier molecular flexibility index (Phi) is 5.54. The smallest absolute Gasteiger partial charge is 0.149 e. The van der Waals surface area contributed by atoms with E-state index in [4.69, 9.17) is 0 Å². The molecule has 7 nitrogen and oxygen atoms in total. The van der Waals surface area contributed by atoms with Crippen molar-refractivity contribution in [2.45, 2.75) is 33.4 Å². The van der Waals surface area contributed by atoms with E-state index >= 15 is 0 Å². The fraction of sp³-hybridized carbons (Fsp3) is 0.217. The Hall–Kier alpha value is -3.58. The maximum Gasteiger partial charge on any atom is 0.149 e. The van der Waals surface area contributed by atoms with Gasteiger partial charge in [-0.2, -0.15) is 0 Å². The van der Waals surface area contributed by atoms with Gasteiger partial charge in [-0.3, -0.25) is 0 Å². The number of aromatic nitrogens is 5. The van der Waals surface area contributed by atoms with E-state index in [2.05, 4.69) is 44.5 Å². The van der Waals surface area contributed by atoms with Crippen molar-refractivity contribution in [2.24, 2.45) is 0 Å². The summed E-state index contributed by atoms with van der Waals surface area (Å²) in [6.45, 7) is 5.81. The van der Waals surface area contributed by atoms with Crippen LogP contribution in [0, 0.1) is 13.8 Å². The summed E-state index contributed by atoms with van der Waals surface area (Å²) in [5.74, 6) is 0.709. The Labute approximate surface area is 175 Å². The third-order valence-corrected chi connectivity index (χ3v) is 4.98. The number of nitrogens with one attached hydrogen (secondary N) is 1. The second-order valence-corrected chi connectivity index (χ2v) is 7.28. The minimum atomic E-state index is -0.179. The Morgan fingerprint density at radius 2 is 1.87 bits per heavy atom. The van der Waals surface area contributed by atoms with Crippen LogP contribution >= 0.6 is 0 Å². The molecular weight excluding hydrogens is 376 g/mol. The molecule has 0 aliphatic rings. The lowest BCUT2D eigenvalue weighted by Gasteiger charge is -2.15. The molecule has 0 saturated carbocycles. The average Bonchev–Trinajstić information content (AvgIpc) is 3.20. The van der Waals surface area contributed by atoms with E-state index in [0.717, 1.165) is 16.9 Å². The van der Waals surface area contributed by atoms with E-state index in [1.807, 2.05) is 61.0 Å². The molecular formula is C23H24N6O. The van der Waals surface area contributed by atoms with Crippen molar-refractivity contribution in [1.29, 1.82) is 0 Å². The molecule has 4 aromatic rings. The van der Waals surface area contributed by atoms with E-state index in [9.17, 15) is 5.11 Å². The second kappa shape index (κ2) is 8.42. The largest absolute Gasteiger partial charge is 0.390 e. The van der Waals surface area contributed by atoms with Gasteiger partial charge in [-0.05, 0) is 50.1 Å². The number of benzene rings is 1. The molecule has 0 unspecified atom stereocenters. The van der Waals surface area contributed by atoms with Crippen LogP contribution in [-0.4, -0.2) is 29.8 Å². The minimum Gasteiger partial charge on any atom is -0.390 e. The van der Waals surface area contributed by atoms with Crippen LogP contribution in [0.1, 0.15) is 35.5 Å². The maximum atomic E-state index is 9.84. The first-order valence-corrected chi connectivity index (χ1v) is 9.83. The number of aryl methyl sites for hydroxylation is 2. The van der Waals surface area contributed by atoms with Gasteiger partial charge in [-0.25, -0.2) is 9.97 Å². The first kappa shape index (κ1) is 19.7. The number of aliphatic hydroxyl groups excluding tert-OH is 1. The van der Waals surface area contributed by atoms with E-state index in [1.165, 1.54) is 5.56 Å². The predicted molar refractivity (Wildman–Crippen MR) is 116 cm³/mol. The van der Waals surface area contributed by atoms with E-state index in [-0.39, 0.29) is 12.6 Å². The van der Waals surface area contributed by atoms with Crippen LogP contribution in [0.2, 0.25) is 0 Å². The summed E-state index contributed by atoms with van der Waals surface area (Å²) in [6, 6.07) is 16.1. The van der Waals surface area contributed by atoms with Crippen LogP contribution in [0.15, 0.2) is 61.1 Å². The van der Waals surface area contributed by atoms with Gasteiger partial charge in [0.25, 0.3) is 0 Å². The lowest BCUT2D eigenvalue weighted by molar-refractivity contribution is 0.276. The summed E-state index contributed by atoms with van der Waals surface area (Å²) in [7, 11) is 0. The monoisotopic (exact) mass is 400 g/mol. The number of pyridine rings is 1. The lowest BCUT2D eigenvalue weighted by Crippen LogP contribution is -2.09. The summed E-state index contributed by atoms with van der Waals surface area (Å²) in [5.41, 5.74) is 5.75. The highest BCUT2D eigenvalue weighted by atomic mass is 16.3. The number of nitrogens with zero attached hydrogens (tertiary/aromatic N) is 5. The highest BCUT2D eigenvalue weighted by molar-refractivity contribution is 5.62. The molecule has 1 aromatic carbocycles. The van der Waals surface area contributed by atoms with E-state index in [0.29, 0.717) is 22.9 Å². The Bertz CT molecular complexity index is 1160. The zero-order chi connectivity index (χ0) is 21.1. The first-order valence-electron chi connectivity index (χ1n) is 9.83. The van der Waals surface area contributed by atoms with Gasteiger partial charge in [0.1, 0.15) is 11.5 Å². The summed E-state index contributed by atoms with van der Waals surface area (Å²) in [5, 5.41) is 22.0. The van der Waals surface area contributed by atoms with Gasteiger partial charge in [0.05, 0.1) is 35.7 Å². The molecule has 4 rings (SSSR count). The Balaban J connectivity index is 1.60. The number of hydrogen-bond acceptors (Lipinski definition) is 6. The molecule has 0 radical (unpaired) electrons. The standard InChI is InChI=1S/C23H24N6O/c1-15-11-22(25-17(3)18-7-5-4-6-8-18)27-28-23(15)19-9-10-21(20(13-30)26-19)29-12-16(2)24-14-29/h4-12,14,17,30H,13H2,1-3H3,(H,25,27)/t17-/m0/s1. The van der Waals surface area contributed by atoms with Crippen LogP contribution in [0.5, 0.6) is 0 Å². The summed E-state index contributed by atoms with van der Waals surface area (Å²) in [4.78, 5) is 8.87. The number of anilines is 1. The molecule has 152 valence electrons. The molecule has 0 aliphatic heterocycles. The molecule has 1 atom stereocenters. The van der Waals surface area contributed by atoms with Crippen LogP contribution in [0.4, 0.5) is 5.82 Å². The van der Waals surface area contributed by atoms with Crippen LogP contribution < -0.4 is 5.32 Å². The molecule has 0 spiro atoms. The molecule has 3 heterocycles.